The molecule has 1 aromatic carbocycles. The number of rotatable bonds is 1. The lowest BCUT2D eigenvalue weighted by molar-refractivity contribution is -0.125. The Morgan fingerprint density at radius 1 is 1.13 bits per heavy atom. The Balaban J connectivity index is 2.34. The summed E-state index contributed by atoms with van der Waals surface area (Å²) in [7, 11) is 0. The Hall–Kier alpha value is -0.870. The molecular formula is C10H7BrClNO2. The van der Waals surface area contributed by atoms with Gasteiger partial charge >= 0.3 is 0 Å². The highest BCUT2D eigenvalue weighted by Crippen LogP contribution is 2.29. The van der Waals surface area contributed by atoms with Gasteiger partial charge in [-0.05, 0) is 17.7 Å². The van der Waals surface area contributed by atoms with Gasteiger partial charge in [-0.1, -0.05) is 28.1 Å². The van der Waals surface area contributed by atoms with Crippen molar-refractivity contribution in [3.05, 3.63) is 34.3 Å². The highest BCUT2D eigenvalue weighted by molar-refractivity contribution is 9.10. The van der Waals surface area contributed by atoms with E-state index in [2.05, 4.69) is 21.2 Å². The van der Waals surface area contributed by atoms with Crippen LogP contribution in [0.2, 0.25) is 0 Å². The van der Waals surface area contributed by atoms with Crippen molar-refractivity contribution in [2.75, 3.05) is 0 Å². The molecule has 1 aliphatic heterocycles. The van der Waals surface area contributed by atoms with Crippen LogP contribution in [0.4, 0.5) is 0 Å². The predicted octanol–water partition coefficient (Wildman–Crippen LogP) is 1.80. The number of halogens is 2. The molecule has 1 N–H and O–H groups in total. The number of hydrogen-bond donors (Lipinski definition) is 1. The average molecular weight is 289 g/mol. The van der Waals surface area contributed by atoms with Crippen molar-refractivity contribution >= 4 is 39.3 Å². The third-order valence-corrected chi connectivity index (χ3v) is 3.28. The molecule has 15 heavy (non-hydrogen) atoms. The SMILES string of the molecule is O=C1NC(=O)[C@H](c2ccc(Br)cc2)[C@@H]1Cl. The van der Waals surface area contributed by atoms with Crippen molar-refractivity contribution in [2.45, 2.75) is 11.3 Å². The molecule has 1 aromatic rings. The number of nitrogens with one attached hydrogen (secondary N) is 1. The largest absolute Gasteiger partial charge is 0.295 e. The molecule has 0 radical (unpaired) electrons. The van der Waals surface area contributed by atoms with Gasteiger partial charge in [-0.3, -0.25) is 14.9 Å². The van der Waals surface area contributed by atoms with Crippen LogP contribution in [0.5, 0.6) is 0 Å². The maximum atomic E-state index is 11.5. The minimum absolute atomic E-state index is 0.331. The minimum atomic E-state index is -0.807. The Morgan fingerprint density at radius 3 is 2.20 bits per heavy atom. The summed E-state index contributed by atoms with van der Waals surface area (Å²) in [4.78, 5) is 22.6. The summed E-state index contributed by atoms with van der Waals surface area (Å²) in [6, 6.07) is 7.19. The monoisotopic (exact) mass is 287 g/mol. The van der Waals surface area contributed by atoms with Crippen LogP contribution in [0.3, 0.4) is 0 Å². The molecule has 0 saturated carbocycles. The van der Waals surface area contributed by atoms with E-state index < -0.39 is 17.2 Å². The van der Waals surface area contributed by atoms with Crippen LogP contribution in [0.15, 0.2) is 28.7 Å². The number of alkyl halides is 1. The molecule has 0 aromatic heterocycles. The van der Waals surface area contributed by atoms with Gasteiger partial charge < -0.3 is 0 Å². The van der Waals surface area contributed by atoms with Crippen LogP contribution in [0.25, 0.3) is 0 Å². The van der Waals surface area contributed by atoms with Gasteiger partial charge in [0, 0.05) is 4.47 Å². The lowest BCUT2D eigenvalue weighted by Crippen LogP contribution is -2.22. The van der Waals surface area contributed by atoms with Gasteiger partial charge in [0.25, 0.3) is 0 Å². The molecule has 2 atom stereocenters. The molecule has 1 aliphatic rings. The van der Waals surface area contributed by atoms with Gasteiger partial charge in [-0.2, -0.15) is 0 Å². The molecule has 78 valence electrons. The van der Waals surface area contributed by atoms with Crippen molar-refractivity contribution in [3.63, 3.8) is 0 Å². The van der Waals surface area contributed by atoms with Crippen LogP contribution in [-0.2, 0) is 9.59 Å². The highest BCUT2D eigenvalue weighted by Gasteiger charge is 2.41. The Morgan fingerprint density at radius 2 is 1.73 bits per heavy atom. The third-order valence-electron chi connectivity index (χ3n) is 2.30. The second kappa shape index (κ2) is 3.94. The number of amides is 2. The van der Waals surface area contributed by atoms with E-state index >= 15 is 0 Å². The molecule has 0 spiro atoms. The first-order valence-corrected chi connectivity index (χ1v) is 5.57. The summed E-state index contributed by atoms with van der Waals surface area (Å²) in [5, 5.41) is 1.40. The first-order chi connectivity index (χ1) is 7.09. The van der Waals surface area contributed by atoms with Crippen LogP contribution in [-0.4, -0.2) is 17.2 Å². The van der Waals surface area contributed by atoms with E-state index in [9.17, 15) is 9.59 Å². The molecule has 5 heteroatoms. The fourth-order valence-electron chi connectivity index (χ4n) is 1.54. The van der Waals surface area contributed by atoms with E-state index in [1.54, 1.807) is 12.1 Å². The van der Waals surface area contributed by atoms with Gasteiger partial charge in [-0.25, -0.2) is 0 Å². The van der Waals surface area contributed by atoms with Crippen LogP contribution in [0, 0.1) is 0 Å². The predicted molar refractivity (Wildman–Crippen MR) is 59.7 cm³/mol. The molecule has 1 fully saturated rings. The van der Waals surface area contributed by atoms with Crippen molar-refractivity contribution in [2.24, 2.45) is 0 Å². The first-order valence-electron chi connectivity index (χ1n) is 4.34. The van der Waals surface area contributed by atoms with E-state index in [1.807, 2.05) is 12.1 Å². The Labute approximate surface area is 99.9 Å². The fourth-order valence-corrected chi connectivity index (χ4v) is 2.12. The topological polar surface area (TPSA) is 46.2 Å². The number of carbonyl (C=O) groups is 2. The maximum Gasteiger partial charge on any atom is 0.245 e. The molecule has 2 amide bonds. The molecule has 0 bridgehead atoms. The number of imide groups is 1. The highest BCUT2D eigenvalue weighted by atomic mass is 79.9. The summed E-state index contributed by atoms with van der Waals surface area (Å²) >= 11 is 9.15. The summed E-state index contributed by atoms with van der Waals surface area (Å²) in [6.07, 6.45) is 0. The number of hydrogen-bond acceptors (Lipinski definition) is 2. The summed E-state index contributed by atoms with van der Waals surface area (Å²) in [6.45, 7) is 0. The van der Waals surface area contributed by atoms with Gasteiger partial charge in [-0.15, -0.1) is 11.6 Å². The summed E-state index contributed by atoms with van der Waals surface area (Å²) in [5.74, 6) is -1.33. The minimum Gasteiger partial charge on any atom is -0.295 e. The van der Waals surface area contributed by atoms with Crippen molar-refractivity contribution in [1.29, 1.82) is 0 Å². The molecule has 0 aliphatic carbocycles. The van der Waals surface area contributed by atoms with E-state index in [4.69, 9.17) is 11.6 Å². The number of benzene rings is 1. The van der Waals surface area contributed by atoms with Crippen LogP contribution < -0.4 is 5.32 Å². The van der Waals surface area contributed by atoms with E-state index in [1.165, 1.54) is 0 Å². The third kappa shape index (κ3) is 1.92. The smallest absolute Gasteiger partial charge is 0.245 e. The maximum absolute atomic E-state index is 11.5. The zero-order valence-electron chi connectivity index (χ0n) is 7.54. The fraction of sp³-hybridized carbons (Fsp3) is 0.200. The number of carbonyl (C=O) groups excluding carboxylic acids is 2. The average Bonchev–Trinajstić information content (AvgIpc) is 2.44. The first kappa shape index (κ1) is 10.6. The van der Waals surface area contributed by atoms with Crippen molar-refractivity contribution in [1.82, 2.24) is 5.32 Å². The van der Waals surface area contributed by atoms with Gasteiger partial charge in [0.15, 0.2) is 0 Å². The zero-order valence-corrected chi connectivity index (χ0v) is 9.88. The zero-order chi connectivity index (χ0) is 11.0. The summed E-state index contributed by atoms with van der Waals surface area (Å²) < 4.78 is 0.919. The summed E-state index contributed by atoms with van der Waals surface area (Å²) in [5.41, 5.74) is 0.751. The second-order valence-corrected chi connectivity index (χ2v) is 4.67. The van der Waals surface area contributed by atoms with E-state index in [0.717, 1.165) is 10.0 Å². The lowest BCUT2D eigenvalue weighted by Gasteiger charge is -2.09. The quantitative estimate of drug-likeness (QED) is 0.633. The van der Waals surface area contributed by atoms with Crippen molar-refractivity contribution in [3.8, 4) is 0 Å². The van der Waals surface area contributed by atoms with Crippen molar-refractivity contribution < 1.29 is 9.59 Å². The molecule has 2 rings (SSSR count). The van der Waals surface area contributed by atoms with Gasteiger partial charge in [0.2, 0.25) is 11.8 Å². The van der Waals surface area contributed by atoms with E-state index in [0.29, 0.717) is 0 Å². The molecule has 0 unspecified atom stereocenters. The molecule has 1 saturated heterocycles. The van der Waals surface area contributed by atoms with Gasteiger partial charge in [0.1, 0.15) is 5.38 Å². The Bertz CT molecular complexity index is 418. The molecule has 1 heterocycles. The molecule has 3 nitrogen and oxygen atoms in total. The Kier molecular flexibility index (Phi) is 2.80. The van der Waals surface area contributed by atoms with E-state index in [-0.39, 0.29) is 5.91 Å². The second-order valence-electron chi connectivity index (χ2n) is 3.28. The van der Waals surface area contributed by atoms with Crippen LogP contribution >= 0.6 is 27.5 Å². The molecular weight excluding hydrogens is 281 g/mol. The van der Waals surface area contributed by atoms with Gasteiger partial charge in [0.05, 0.1) is 5.92 Å². The standard InChI is InChI=1S/C10H7BrClNO2/c11-6-3-1-5(2-4-6)7-8(12)10(15)13-9(7)14/h1-4,7-8H,(H,13,14,15)/t7-,8+/m1/s1. The normalized spacial score (nSPS) is 25.5. The lowest BCUT2D eigenvalue weighted by atomic mass is 9.97. The van der Waals surface area contributed by atoms with Crippen LogP contribution in [0.1, 0.15) is 11.5 Å².